The lowest BCUT2D eigenvalue weighted by Gasteiger charge is -2.19. The molecule has 19 heavy (non-hydrogen) atoms. The molecule has 0 amide bonds. The number of nitro groups is 1. The van der Waals surface area contributed by atoms with E-state index in [1.165, 1.54) is 6.08 Å². The smallest absolute Gasteiger partial charge is 0.235 e. The largest absolute Gasteiger partial charge is 0.259 e. The zero-order chi connectivity index (χ0) is 13.8. The number of hydrogen-bond acceptors (Lipinski definition) is 3. The number of hydrogen-bond donors (Lipinski definition) is 0. The van der Waals surface area contributed by atoms with Gasteiger partial charge < -0.3 is 0 Å². The van der Waals surface area contributed by atoms with E-state index in [2.05, 4.69) is 0 Å². The highest BCUT2D eigenvalue weighted by Crippen LogP contribution is 2.29. The molecule has 0 radical (unpaired) electrons. The van der Waals surface area contributed by atoms with Crippen LogP contribution in [0.1, 0.15) is 12.5 Å². The zero-order valence-corrected chi connectivity index (χ0v) is 11.3. The Balaban J connectivity index is 2.53. The molecule has 96 valence electrons. The zero-order valence-electron chi connectivity index (χ0n) is 10.4. The van der Waals surface area contributed by atoms with Crippen LogP contribution < -0.4 is 0 Å². The average molecular weight is 271 g/mol. The van der Waals surface area contributed by atoms with Gasteiger partial charge in [-0.05, 0) is 11.1 Å². The van der Waals surface area contributed by atoms with Crippen LogP contribution in [-0.2, 0) is 0 Å². The number of thiocarbonyl (C=S) groups is 1. The predicted octanol–water partition coefficient (Wildman–Crippen LogP) is 3.81. The van der Waals surface area contributed by atoms with Gasteiger partial charge in [0.2, 0.25) is 6.20 Å². The minimum atomic E-state index is -0.471. The van der Waals surface area contributed by atoms with Gasteiger partial charge in [-0.2, -0.15) is 0 Å². The summed E-state index contributed by atoms with van der Waals surface area (Å²) < 4.78 is 0. The summed E-state index contributed by atoms with van der Waals surface area (Å²) in [7, 11) is 0. The Morgan fingerprint density at radius 1 is 1.32 bits per heavy atom. The van der Waals surface area contributed by atoms with Crippen LogP contribution in [0.3, 0.4) is 0 Å². The second-order valence-electron chi connectivity index (χ2n) is 4.31. The highest BCUT2D eigenvalue weighted by atomic mass is 32.1. The van der Waals surface area contributed by atoms with Crippen LogP contribution in [0.2, 0.25) is 0 Å². The van der Waals surface area contributed by atoms with Crippen molar-refractivity contribution in [2.75, 3.05) is 0 Å². The molecular formula is C15H13NO2S. The Hall–Kier alpha value is -2.07. The van der Waals surface area contributed by atoms with Crippen molar-refractivity contribution in [2.45, 2.75) is 6.92 Å². The van der Waals surface area contributed by atoms with Crippen molar-refractivity contribution in [3.05, 3.63) is 76.0 Å². The maximum absolute atomic E-state index is 10.5. The molecule has 0 saturated carbocycles. The highest BCUT2D eigenvalue weighted by Gasteiger charge is 2.18. The molecule has 0 N–H and O–H groups in total. The van der Waals surface area contributed by atoms with Gasteiger partial charge in [0, 0.05) is 22.4 Å². The van der Waals surface area contributed by atoms with Crippen molar-refractivity contribution < 1.29 is 4.92 Å². The minimum Gasteiger partial charge on any atom is -0.259 e. The molecule has 4 heteroatoms. The lowest BCUT2D eigenvalue weighted by molar-refractivity contribution is -0.402. The van der Waals surface area contributed by atoms with Crippen molar-refractivity contribution in [1.82, 2.24) is 0 Å². The third-order valence-corrected chi connectivity index (χ3v) is 3.56. The summed E-state index contributed by atoms with van der Waals surface area (Å²) in [5.74, 6) is 0.119. The summed E-state index contributed by atoms with van der Waals surface area (Å²) in [6.07, 6.45) is 6.44. The average Bonchev–Trinajstić information content (AvgIpc) is 2.41. The van der Waals surface area contributed by atoms with Gasteiger partial charge >= 0.3 is 0 Å². The Morgan fingerprint density at radius 2 is 2.00 bits per heavy atom. The van der Waals surface area contributed by atoms with Gasteiger partial charge in [-0.25, -0.2) is 0 Å². The third-order valence-electron chi connectivity index (χ3n) is 2.97. The van der Waals surface area contributed by atoms with Crippen LogP contribution in [-0.4, -0.2) is 9.79 Å². The number of nitrogens with zero attached hydrogens (tertiary/aromatic N) is 1. The number of rotatable bonds is 3. The summed E-state index contributed by atoms with van der Waals surface area (Å²) in [5.41, 5.74) is 2.70. The first-order valence-corrected chi connectivity index (χ1v) is 6.34. The topological polar surface area (TPSA) is 43.1 Å². The molecular weight excluding hydrogens is 258 g/mol. The molecule has 3 nitrogen and oxygen atoms in total. The van der Waals surface area contributed by atoms with E-state index in [1.54, 1.807) is 0 Å². The maximum Gasteiger partial charge on any atom is 0.235 e. The lowest BCUT2D eigenvalue weighted by atomic mass is 9.87. The first kappa shape index (κ1) is 13.4. The Bertz CT molecular complexity index is 600. The summed E-state index contributed by atoms with van der Waals surface area (Å²) >= 11 is 5.40. The van der Waals surface area contributed by atoms with Gasteiger partial charge in [-0.3, -0.25) is 10.1 Å². The summed E-state index contributed by atoms with van der Waals surface area (Å²) in [6, 6.07) is 9.75. The Labute approximate surface area is 117 Å². The van der Waals surface area contributed by atoms with Gasteiger partial charge in [0.25, 0.3) is 0 Å². The molecule has 1 aliphatic carbocycles. The molecule has 0 bridgehead atoms. The maximum atomic E-state index is 10.5. The van der Waals surface area contributed by atoms with Crippen molar-refractivity contribution >= 4 is 22.7 Å². The first-order chi connectivity index (χ1) is 9.09. The first-order valence-electron chi connectivity index (χ1n) is 5.93. The summed E-state index contributed by atoms with van der Waals surface area (Å²) in [4.78, 5) is 10.8. The van der Waals surface area contributed by atoms with Crippen molar-refractivity contribution in [1.29, 1.82) is 0 Å². The second kappa shape index (κ2) is 5.71. The van der Waals surface area contributed by atoms with Gasteiger partial charge in [0.05, 0.1) is 4.92 Å². The van der Waals surface area contributed by atoms with Crippen LogP contribution in [0, 0.1) is 16.0 Å². The van der Waals surface area contributed by atoms with E-state index in [4.69, 9.17) is 12.2 Å². The fraction of sp³-hybridized carbons (Fsp3) is 0.133. The molecule has 0 spiro atoms. The molecule has 0 aromatic heterocycles. The predicted molar refractivity (Wildman–Crippen MR) is 80.4 cm³/mol. The Kier molecular flexibility index (Phi) is 4.02. The highest BCUT2D eigenvalue weighted by molar-refractivity contribution is 7.81. The molecule has 0 fully saturated rings. The van der Waals surface area contributed by atoms with E-state index in [0.717, 1.165) is 27.8 Å². The molecule has 1 aromatic rings. The summed E-state index contributed by atoms with van der Waals surface area (Å²) in [5, 5.41) is 10.5. The standard InChI is InChI=1S/C15H13NO2S/c1-11-7-8-13(12-5-3-2-4-6-12)14(15(11)19)9-10-16(17)18/h2-11H,1H3/b10-9+. The van der Waals surface area contributed by atoms with Crippen molar-refractivity contribution in [3.8, 4) is 0 Å². The molecule has 1 aliphatic rings. The normalized spacial score (nSPS) is 19.2. The Morgan fingerprint density at radius 3 is 2.63 bits per heavy atom. The van der Waals surface area contributed by atoms with E-state index >= 15 is 0 Å². The second-order valence-corrected chi connectivity index (χ2v) is 4.75. The van der Waals surface area contributed by atoms with E-state index in [-0.39, 0.29) is 5.92 Å². The number of benzene rings is 1. The van der Waals surface area contributed by atoms with E-state index in [0.29, 0.717) is 0 Å². The van der Waals surface area contributed by atoms with Crippen LogP contribution in [0.5, 0.6) is 0 Å². The van der Waals surface area contributed by atoms with Gasteiger partial charge in [0.15, 0.2) is 0 Å². The van der Waals surface area contributed by atoms with Crippen LogP contribution in [0.15, 0.2) is 60.3 Å². The SMILES string of the molecule is CC1C=CC(c2ccccc2)=C(/C=C/[N+](=O)[O-])C1=S. The van der Waals surface area contributed by atoms with E-state index in [9.17, 15) is 10.1 Å². The number of allylic oxidation sites excluding steroid dienone is 5. The van der Waals surface area contributed by atoms with Gasteiger partial charge in [-0.1, -0.05) is 61.6 Å². The van der Waals surface area contributed by atoms with Gasteiger partial charge in [0.1, 0.15) is 0 Å². The third kappa shape index (κ3) is 3.03. The molecule has 0 saturated heterocycles. The fourth-order valence-corrected chi connectivity index (χ4v) is 2.23. The molecule has 0 heterocycles. The van der Waals surface area contributed by atoms with Crippen molar-refractivity contribution in [3.63, 3.8) is 0 Å². The molecule has 2 rings (SSSR count). The van der Waals surface area contributed by atoms with Crippen molar-refractivity contribution in [2.24, 2.45) is 5.92 Å². The lowest BCUT2D eigenvalue weighted by Crippen LogP contribution is -2.13. The van der Waals surface area contributed by atoms with Gasteiger partial charge in [-0.15, -0.1) is 0 Å². The fourth-order valence-electron chi connectivity index (χ4n) is 1.97. The quantitative estimate of drug-likeness (QED) is 0.477. The molecule has 1 aromatic carbocycles. The molecule has 0 aliphatic heterocycles. The monoisotopic (exact) mass is 271 g/mol. The van der Waals surface area contributed by atoms with Crippen LogP contribution in [0.4, 0.5) is 0 Å². The summed E-state index contributed by atoms with van der Waals surface area (Å²) in [6.45, 7) is 1.99. The van der Waals surface area contributed by atoms with E-state index < -0.39 is 4.92 Å². The van der Waals surface area contributed by atoms with Crippen LogP contribution >= 0.6 is 12.2 Å². The van der Waals surface area contributed by atoms with E-state index in [1.807, 2.05) is 49.4 Å². The molecule has 1 atom stereocenters. The minimum absolute atomic E-state index is 0.119. The van der Waals surface area contributed by atoms with Crippen LogP contribution in [0.25, 0.3) is 5.57 Å². The molecule has 1 unspecified atom stereocenters.